The molecular weight excluding hydrogens is 271 g/mol. The number of carbonyl (C=O) groups excluding carboxylic acids is 3. The van der Waals surface area contributed by atoms with Crippen molar-refractivity contribution in [3.05, 3.63) is 35.9 Å². The standard InChI is InChI=1S/C14H16O5.Na.H/c1-3-7-11(13(16)18-2)14(17)19-12(15)10-8-5-4-6-9-10;;/h4-6,8-9,11H,3,7H2,1-2H3;;. The Morgan fingerprint density at radius 2 is 1.70 bits per heavy atom. The van der Waals surface area contributed by atoms with Crippen LogP contribution in [0.1, 0.15) is 30.1 Å². The Hall–Kier alpha value is -1.17. The van der Waals surface area contributed by atoms with Crippen LogP contribution in [0.4, 0.5) is 0 Å². The first-order valence-corrected chi connectivity index (χ1v) is 5.99. The molecule has 0 aliphatic carbocycles. The van der Waals surface area contributed by atoms with Crippen molar-refractivity contribution in [2.45, 2.75) is 19.8 Å². The van der Waals surface area contributed by atoms with Gasteiger partial charge in [-0.25, -0.2) is 4.79 Å². The third-order valence-corrected chi connectivity index (χ3v) is 2.55. The summed E-state index contributed by atoms with van der Waals surface area (Å²) >= 11 is 0. The Labute approximate surface area is 139 Å². The van der Waals surface area contributed by atoms with Crippen molar-refractivity contribution < 1.29 is 23.9 Å². The maximum atomic E-state index is 11.8. The van der Waals surface area contributed by atoms with Gasteiger partial charge in [0.05, 0.1) is 12.7 Å². The Kier molecular flexibility index (Phi) is 9.12. The Bertz CT molecular complexity index is 458. The molecular formula is C14H17NaO5. The molecule has 1 atom stereocenters. The monoisotopic (exact) mass is 288 g/mol. The molecule has 1 rings (SSSR count). The Morgan fingerprint density at radius 1 is 1.10 bits per heavy atom. The summed E-state index contributed by atoms with van der Waals surface area (Å²) in [6.45, 7) is 1.82. The quantitative estimate of drug-likeness (QED) is 0.464. The molecule has 0 N–H and O–H groups in total. The van der Waals surface area contributed by atoms with E-state index in [4.69, 9.17) is 4.74 Å². The molecule has 5 nitrogen and oxygen atoms in total. The molecule has 1 aromatic rings. The third-order valence-electron chi connectivity index (χ3n) is 2.55. The summed E-state index contributed by atoms with van der Waals surface area (Å²) in [6.07, 6.45) is 0.891. The van der Waals surface area contributed by atoms with E-state index in [2.05, 4.69) is 4.74 Å². The van der Waals surface area contributed by atoms with Crippen LogP contribution in [0.15, 0.2) is 30.3 Å². The van der Waals surface area contributed by atoms with Crippen molar-refractivity contribution in [3.63, 3.8) is 0 Å². The number of carbonyl (C=O) groups is 3. The van der Waals surface area contributed by atoms with Gasteiger partial charge in [0.2, 0.25) is 0 Å². The summed E-state index contributed by atoms with van der Waals surface area (Å²) in [5, 5.41) is 0. The molecule has 1 unspecified atom stereocenters. The van der Waals surface area contributed by atoms with E-state index in [9.17, 15) is 14.4 Å². The minimum atomic E-state index is -1.05. The predicted molar refractivity (Wildman–Crippen MR) is 74.4 cm³/mol. The molecule has 0 aliphatic heterocycles. The number of hydrogen-bond donors (Lipinski definition) is 0. The first-order valence-electron chi connectivity index (χ1n) is 5.99. The summed E-state index contributed by atoms with van der Waals surface area (Å²) in [7, 11) is 1.19. The molecule has 0 saturated carbocycles. The van der Waals surface area contributed by atoms with Gasteiger partial charge in [0.1, 0.15) is 0 Å². The third kappa shape index (κ3) is 5.45. The molecule has 0 spiro atoms. The van der Waals surface area contributed by atoms with E-state index in [-0.39, 0.29) is 41.5 Å². The van der Waals surface area contributed by atoms with Gasteiger partial charge in [-0.05, 0) is 18.6 Å². The van der Waals surface area contributed by atoms with Gasteiger partial charge in [0.25, 0.3) is 0 Å². The Morgan fingerprint density at radius 3 is 2.20 bits per heavy atom. The van der Waals surface area contributed by atoms with Crippen LogP contribution < -0.4 is 0 Å². The van der Waals surface area contributed by atoms with Crippen LogP contribution in [0.5, 0.6) is 0 Å². The van der Waals surface area contributed by atoms with Crippen LogP contribution in [0.3, 0.4) is 0 Å². The zero-order valence-corrected chi connectivity index (χ0v) is 10.9. The van der Waals surface area contributed by atoms with Crippen molar-refractivity contribution in [1.82, 2.24) is 0 Å². The molecule has 6 heteroatoms. The molecule has 0 aliphatic rings. The van der Waals surface area contributed by atoms with Crippen LogP contribution in [-0.4, -0.2) is 54.6 Å². The Balaban J connectivity index is 0.00000361. The van der Waals surface area contributed by atoms with Gasteiger partial charge >= 0.3 is 47.5 Å². The molecule has 0 radical (unpaired) electrons. The molecule has 0 fully saturated rings. The molecule has 0 saturated heterocycles. The van der Waals surface area contributed by atoms with E-state index in [1.54, 1.807) is 18.2 Å². The molecule has 0 amide bonds. The molecule has 0 aromatic heterocycles. The SMILES string of the molecule is CCCC(C(=O)OC)C(=O)OC(=O)c1ccccc1.[NaH]. The van der Waals surface area contributed by atoms with Gasteiger partial charge in [-0.3, -0.25) is 9.59 Å². The van der Waals surface area contributed by atoms with Gasteiger partial charge in [-0.15, -0.1) is 0 Å². The number of benzene rings is 1. The summed E-state index contributed by atoms with van der Waals surface area (Å²) < 4.78 is 9.22. The van der Waals surface area contributed by atoms with Gasteiger partial charge in [0, 0.05) is 0 Å². The van der Waals surface area contributed by atoms with E-state index < -0.39 is 23.8 Å². The number of ether oxygens (including phenoxy) is 2. The minimum absolute atomic E-state index is 0. The van der Waals surface area contributed by atoms with Crippen LogP contribution >= 0.6 is 0 Å². The second-order valence-corrected chi connectivity index (χ2v) is 3.94. The molecule has 0 heterocycles. The predicted octanol–water partition coefficient (Wildman–Crippen LogP) is 1.31. The average Bonchev–Trinajstić information content (AvgIpc) is 2.44. The fraction of sp³-hybridized carbons (Fsp3) is 0.357. The van der Waals surface area contributed by atoms with E-state index in [0.29, 0.717) is 6.42 Å². The number of methoxy groups -OCH3 is 1. The van der Waals surface area contributed by atoms with E-state index in [1.807, 2.05) is 6.92 Å². The topological polar surface area (TPSA) is 69.7 Å². The van der Waals surface area contributed by atoms with Crippen LogP contribution in [0.2, 0.25) is 0 Å². The van der Waals surface area contributed by atoms with Gasteiger partial charge in [-0.1, -0.05) is 31.5 Å². The van der Waals surface area contributed by atoms with Crippen LogP contribution in [0.25, 0.3) is 0 Å². The van der Waals surface area contributed by atoms with E-state index >= 15 is 0 Å². The van der Waals surface area contributed by atoms with E-state index in [1.165, 1.54) is 19.2 Å². The molecule has 104 valence electrons. The molecule has 0 bridgehead atoms. The number of hydrogen-bond acceptors (Lipinski definition) is 5. The fourth-order valence-electron chi connectivity index (χ4n) is 1.56. The van der Waals surface area contributed by atoms with Gasteiger partial charge in [-0.2, -0.15) is 0 Å². The maximum absolute atomic E-state index is 11.8. The zero-order valence-electron chi connectivity index (χ0n) is 10.9. The van der Waals surface area contributed by atoms with E-state index in [0.717, 1.165) is 0 Å². The van der Waals surface area contributed by atoms with Crippen molar-refractivity contribution in [1.29, 1.82) is 0 Å². The number of rotatable bonds is 5. The summed E-state index contributed by atoms with van der Waals surface area (Å²) in [4.78, 5) is 34.9. The summed E-state index contributed by atoms with van der Waals surface area (Å²) in [5.74, 6) is -3.38. The summed E-state index contributed by atoms with van der Waals surface area (Å²) in [6, 6.07) is 8.12. The molecule has 1 aromatic carbocycles. The van der Waals surface area contributed by atoms with Crippen LogP contribution in [0, 0.1) is 5.92 Å². The normalized spacial score (nSPS) is 10.9. The summed E-state index contributed by atoms with van der Waals surface area (Å²) in [5.41, 5.74) is 0.260. The van der Waals surface area contributed by atoms with Crippen molar-refractivity contribution >= 4 is 47.5 Å². The first kappa shape index (κ1) is 18.8. The molecule has 20 heavy (non-hydrogen) atoms. The number of esters is 3. The average molecular weight is 288 g/mol. The van der Waals surface area contributed by atoms with Crippen molar-refractivity contribution in [2.75, 3.05) is 7.11 Å². The van der Waals surface area contributed by atoms with Crippen molar-refractivity contribution in [2.24, 2.45) is 5.92 Å². The van der Waals surface area contributed by atoms with Crippen molar-refractivity contribution in [3.8, 4) is 0 Å². The second kappa shape index (κ2) is 9.69. The van der Waals surface area contributed by atoms with Gasteiger partial charge < -0.3 is 9.47 Å². The first-order chi connectivity index (χ1) is 9.10. The second-order valence-electron chi connectivity index (χ2n) is 3.94. The fourth-order valence-corrected chi connectivity index (χ4v) is 1.56. The van der Waals surface area contributed by atoms with Gasteiger partial charge in [0.15, 0.2) is 5.92 Å². The van der Waals surface area contributed by atoms with Crippen LogP contribution in [-0.2, 0) is 19.1 Å². The zero-order chi connectivity index (χ0) is 14.3.